The van der Waals surface area contributed by atoms with Gasteiger partial charge in [0.05, 0.1) is 5.56 Å². The Hall–Kier alpha value is -3.75. The van der Waals surface area contributed by atoms with Crippen LogP contribution in [-0.2, 0) is 11.8 Å². The minimum atomic E-state index is -0.815. The van der Waals surface area contributed by atoms with Gasteiger partial charge in [-0.1, -0.05) is 0 Å². The molecule has 0 aliphatic heterocycles. The maximum atomic E-state index is 14.2. The summed E-state index contributed by atoms with van der Waals surface area (Å²) >= 11 is 0. The molecule has 0 atom stereocenters. The van der Waals surface area contributed by atoms with Crippen LogP contribution in [0.5, 0.6) is 0 Å². The van der Waals surface area contributed by atoms with E-state index in [0.717, 1.165) is 12.1 Å². The normalized spacial score (nSPS) is 11.2. The first-order valence-electron chi connectivity index (χ1n) is 9.42. The van der Waals surface area contributed by atoms with Crippen molar-refractivity contribution in [3.63, 3.8) is 0 Å². The van der Waals surface area contributed by atoms with Crippen LogP contribution in [0.4, 0.5) is 25.0 Å². The second-order valence-corrected chi connectivity index (χ2v) is 7.85. The lowest BCUT2D eigenvalue weighted by Gasteiger charge is -2.19. The summed E-state index contributed by atoms with van der Waals surface area (Å²) in [5, 5.41) is 9.44. The number of aromatic nitrogens is 2. The summed E-state index contributed by atoms with van der Waals surface area (Å²) in [6.45, 7) is 5.28. The highest BCUT2D eigenvalue weighted by Gasteiger charge is 2.20. The molecule has 2 amide bonds. The number of hydrogen-bond donors (Lipinski definition) is 2. The molecule has 1 heterocycles. The second-order valence-electron chi connectivity index (χ2n) is 7.85. The van der Waals surface area contributed by atoms with Crippen LogP contribution >= 0.6 is 0 Å². The van der Waals surface area contributed by atoms with Gasteiger partial charge in [-0.15, -0.1) is 0 Å². The largest absolute Gasteiger partial charge is 0.444 e. The molecule has 0 unspecified atom stereocenters. The minimum Gasteiger partial charge on any atom is -0.444 e. The van der Waals surface area contributed by atoms with Gasteiger partial charge in [-0.25, -0.2) is 13.6 Å². The number of anilines is 2. The highest BCUT2D eigenvalue weighted by Crippen LogP contribution is 2.26. The molecule has 0 aliphatic carbocycles. The van der Waals surface area contributed by atoms with Crippen LogP contribution in [0.2, 0.25) is 0 Å². The van der Waals surface area contributed by atoms with E-state index in [9.17, 15) is 18.4 Å². The molecule has 2 N–H and O–H groups in total. The fraction of sp³-hybridized carbons (Fsp3) is 0.227. The smallest absolute Gasteiger partial charge is 0.412 e. The number of aryl methyl sites for hydroxylation is 1. The Morgan fingerprint density at radius 3 is 2.19 bits per heavy atom. The van der Waals surface area contributed by atoms with Crippen LogP contribution < -0.4 is 10.6 Å². The monoisotopic (exact) mass is 428 g/mol. The van der Waals surface area contributed by atoms with Crippen molar-refractivity contribution < 1.29 is 23.1 Å². The summed E-state index contributed by atoms with van der Waals surface area (Å²) in [4.78, 5) is 24.6. The van der Waals surface area contributed by atoms with Crippen LogP contribution in [0.25, 0.3) is 11.3 Å². The Kier molecular flexibility index (Phi) is 6.05. The maximum absolute atomic E-state index is 14.2. The van der Waals surface area contributed by atoms with E-state index in [0.29, 0.717) is 11.4 Å². The number of carbonyl (C=O) groups excluding carboxylic acids is 2. The topological polar surface area (TPSA) is 85.2 Å². The number of nitrogens with one attached hydrogen (secondary N) is 2. The van der Waals surface area contributed by atoms with Crippen LogP contribution in [-0.4, -0.2) is 27.4 Å². The fourth-order valence-electron chi connectivity index (χ4n) is 2.79. The van der Waals surface area contributed by atoms with E-state index < -0.39 is 29.2 Å². The molecule has 0 spiro atoms. The first kappa shape index (κ1) is 21.9. The second kappa shape index (κ2) is 8.55. The third-order valence-electron chi connectivity index (χ3n) is 4.05. The zero-order valence-corrected chi connectivity index (χ0v) is 17.5. The Morgan fingerprint density at radius 1 is 1.00 bits per heavy atom. The Morgan fingerprint density at radius 2 is 1.61 bits per heavy atom. The number of hydrogen-bond acceptors (Lipinski definition) is 4. The van der Waals surface area contributed by atoms with Gasteiger partial charge in [-0.3, -0.25) is 14.8 Å². The molecule has 0 saturated carbocycles. The first-order chi connectivity index (χ1) is 14.5. The summed E-state index contributed by atoms with van der Waals surface area (Å²) in [5.74, 6) is -2.05. The van der Waals surface area contributed by atoms with Crippen LogP contribution in [0.1, 0.15) is 31.1 Å². The lowest BCUT2D eigenvalue weighted by molar-refractivity contribution is 0.0635. The molecule has 0 fully saturated rings. The van der Waals surface area contributed by atoms with E-state index in [1.165, 1.54) is 16.9 Å². The highest BCUT2D eigenvalue weighted by molar-refractivity contribution is 6.08. The lowest BCUT2D eigenvalue weighted by Crippen LogP contribution is -2.27. The Bertz CT molecular complexity index is 1120. The van der Waals surface area contributed by atoms with Crippen LogP contribution in [0.15, 0.2) is 48.7 Å². The predicted molar refractivity (Wildman–Crippen MR) is 113 cm³/mol. The standard InChI is InChI=1S/C22H22F2N4O3/c1-22(2,3)31-21(30)26-15-8-6-14(7-9-15)25-20(29)17-12-28(4)27-19(17)16-10-5-13(23)11-18(16)24/h5-12H,1-4H3,(H,25,29)(H,26,30). The summed E-state index contributed by atoms with van der Waals surface area (Å²) in [5.41, 5.74) is 0.564. The summed E-state index contributed by atoms with van der Waals surface area (Å²) < 4.78 is 34.0. The molecular weight excluding hydrogens is 406 g/mol. The third kappa shape index (κ3) is 5.65. The third-order valence-corrected chi connectivity index (χ3v) is 4.05. The van der Waals surface area contributed by atoms with Gasteiger partial charge < -0.3 is 10.1 Å². The Labute approximate surface area is 178 Å². The number of ether oxygens (including phenoxy) is 1. The van der Waals surface area contributed by atoms with Crippen molar-refractivity contribution >= 4 is 23.4 Å². The van der Waals surface area contributed by atoms with Gasteiger partial charge in [0.1, 0.15) is 22.9 Å². The minimum absolute atomic E-state index is 0.0176. The van der Waals surface area contributed by atoms with Crippen LogP contribution in [0, 0.1) is 11.6 Å². The fourth-order valence-corrected chi connectivity index (χ4v) is 2.79. The molecule has 0 radical (unpaired) electrons. The summed E-state index contributed by atoms with van der Waals surface area (Å²) in [6, 6.07) is 9.47. The Balaban J connectivity index is 1.75. The van der Waals surface area contributed by atoms with E-state index >= 15 is 0 Å². The van der Waals surface area contributed by atoms with Gasteiger partial charge in [0.15, 0.2) is 0 Å². The van der Waals surface area contributed by atoms with Crippen molar-refractivity contribution in [2.75, 3.05) is 10.6 Å². The van der Waals surface area contributed by atoms with Gasteiger partial charge in [0.2, 0.25) is 0 Å². The summed E-state index contributed by atoms with van der Waals surface area (Å²) in [7, 11) is 1.60. The SMILES string of the molecule is Cn1cc(C(=O)Nc2ccc(NC(=O)OC(C)(C)C)cc2)c(-c2ccc(F)cc2F)n1. The molecule has 0 bridgehead atoms. The summed E-state index contributed by atoms with van der Waals surface area (Å²) in [6.07, 6.45) is 0.858. The van der Waals surface area contributed by atoms with Gasteiger partial charge in [-0.2, -0.15) is 5.10 Å². The van der Waals surface area contributed by atoms with Crippen LogP contribution in [0.3, 0.4) is 0 Å². The average molecular weight is 428 g/mol. The van der Waals surface area contributed by atoms with E-state index in [4.69, 9.17) is 4.74 Å². The molecule has 7 nitrogen and oxygen atoms in total. The maximum Gasteiger partial charge on any atom is 0.412 e. The van der Waals surface area contributed by atoms with E-state index in [2.05, 4.69) is 15.7 Å². The molecular formula is C22H22F2N4O3. The average Bonchev–Trinajstić information content (AvgIpc) is 3.03. The number of benzene rings is 2. The number of carbonyl (C=O) groups is 2. The van der Waals surface area contributed by atoms with Crippen molar-refractivity contribution in [2.45, 2.75) is 26.4 Å². The van der Waals surface area contributed by atoms with Gasteiger partial charge >= 0.3 is 6.09 Å². The highest BCUT2D eigenvalue weighted by atomic mass is 19.1. The van der Waals surface area contributed by atoms with Gasteiger partial charge in [0, 0.05) is 36.2 Å². The predicted octanol–water partition coefficient (Wildman–Crippen LogP) is 4.96. The first-order valence-corrected chi connectivity index (χ1v) is 9.42. The molecule has 9 heteroatoms. The molecule has 1 aromatic heterocycles. The number of halogens is 2. The van der Waals surface area contributed by atoms with E-state index in [1.807, 2.05) is 0 Å². The zero-order valence-electron chi connectivity index (χ0n) is 17.5. The molecule has 162 valence electrons. The van der Waals surface area contributed by atoms with Crippen molar-refractivity contribution in [3.8, 4) is 11.3 Å². The van der Waals surface area contributed by atoms with Crippen molar-refractivity contribution in [1.82, 2.24) is 9.78 Å². The van der Waals surface area contributed by atoms with Gasteiger partial charge in [-0.05, 0) is 57.2 Å². The quantitative estimate of drug-likeness (QED) is 0.615. The lowest BCUT2D eigenvalue weighted by atomic mass is 10.1. The molecule has 3 rings (SSSR count). The molecule has 0 saturated heterocycles. The molecule has 2 aromatic carbocycles. The van der Waals surface area contributed by atoms with Crippen molar-refractivity contribution in [3.05, 3.63) is 65.9 Å². The number of rotatable bonds is 4. The number of amides is 2. The molecule has 3 aromatic rings. The number of nitrogens with zero attached hydrogens (tertiary/aromatic N) is 2. The molecule has 31 heavy (non-hydrogen) atoms. The van der Waals surface area contributed by atoms with E-state index in [1.54, 1.807) is 52.1 Å². The van der Waals surface area contributed by atoms with E-state index in [-0.39, 0.29) is 16.8 Å². The van der Waals surface area contributed by atoms with Gasteiger partial charge in [0.25, 0.3) is 5.91 Å². The zero-order chi connectivity index (χ0) is 22.8. The molecule has 0 aliphatic rings. The van der Waals surface area contributed by atoms with Crippen molar-refractivity contribution in [2.24, 2.45) is 7.05 Å². The van der Waals surface area contributed by atoms with Crippen molar-refractivity contribution in [1.29, 1.82) is 0 Å².